The number of halogens is 2. The van der Waals surface area contributed by atoms with Gasteiger partial charge in [0.2, 0.25) is 0 Å². The first kappa shape index (κ1) is 16.5. The van der Waals surface area contributed by atoms with E-state index >= 15 is 0 Å². The first-order chi connectivity index (χ1) is 9.29. The van der Waals surface area contributed by atoms with Crippen molar-refractivity contribution in [3.63, 3.8) is 0 Å². The van der Waals surface area contributed by atoms with Crippen molar-refractivity contribution in [1.29, 1.82) is 0 Å². The predicted molar refractivity (Wildman–Crippen MR) is 74.6 cm³/mol. The molecule has 0 spiro atoms. The molecule has 0 bridgehead atoms. The normalized spacial score (nSPS) is 9.90. The lowest BCUT2D eigenvalue weighted by atomic mass is 10.2. The molecule has 0 unspecified atom stereocenters. The Kier molecular flexibility index (Phi) is 7.05. The first-order valence-electron chi connectivity index (χ1n) is 6.45. The molecule has 2 aromatic carbocycles. The summed E-state index contributed by atoms with van der Waals surface area (Å²) < 4.78 is 18.3. The minimum Gasteiger partial charge on any atom is -1.00 e. The number of hydrogen-bond acceptors (Lipinski definition) is 2. The zero-order chi connectivity index (χ0) is 13.5. The summed E-state index contributed by atoms with van der Waals surface area (Å²) in [5.41, 5.74) is 2.20. The van der Waals surface area contributed by atoms with E-state index in [1.807, 2.05) is 31.2 Å². The van der Waals surface area contributed by atoms with Crippen molar-refractivity contribution in [2.75, 3.05) is 6.61 Å². The standard InChI is InChI=1S/C16H18FNO.ClH/c1-2-19-16-6-4-3-5-14(16)12-18-11-13-7-9-15(17)10-8-13;/h3-10,18H,2,11-12H2,1H3;1H/p-1. The van der Waals surface area contributed by atoms with Crippen LogP contribution in [0.1, 0.15) is 18.1 Å². The fourth-order valence-electron chi connectivity index (χ4n) is 1.89. The van der Waals surface area contributed by atoms with E-state index in [4.69, 9.17) is 4.74 Å². The molecule has 2 rings (SSSR count). The molecule has 0 aliphatic rings. The Bertz CT molecular complexity index is 516. The number of nitrogens with one attached hydrogen (secondary N) is 1. The molecule has 20 heavy (non-hydrogen) atoms. The molecule has 108 valence electrons. The molecule has 0 saturated heterocycles. The third-order valence-electron chi connectivity index (χ3n) is 2.83. The van der Waals surface area contributed by atoms with Crippen molar-refractivity contribution in [2.45, 2.75) is 20.0 Å². The largest absolute Gasteiger partial charge is 1.00 e. The molecule has 0 aliphatic heterocycles. The van der Waals surface area contributed by atoms with E-state index in [1.54, 1.807) is 12.1 Å². The summed E-state index contributed by atoms with van der Waals surface area (Å²) in [6.07, 6.45) is 0. The van der Waals surface area contributed by atoms with Gasteiger partial charge < -0.3 is 22.5 Å². The van der Waals surface area contributed by atoms with Crippen LogP contribution < -0.4 is 22.5 Å². The molecular weight excluding hydrogens is 277 g/mol. The third kappa shape index (κ3) is 4.83. The van der Waals surface area contributed by atoms with Gasteiger partial charge in [0.25, 0.3) is 0 Å². The molecule has 0 fully saturated rings. The van der Waals surface area contributed by atoms with Crippen molar-refractivity contribution >= 4 is 0 Å². The van der Waals surface area contributed by atoms with Crippen molar-refractivity contribution in [2.24, 2.45) is 0 Å². The number of benzene rings is 2. The van der Waals surface area contributed by atoms with E-state index < -0.39 is 0 Å². The molecule has 0 amide bonds. The highest BCUT2D eigenvalue weighted by molar-refractivity contribution is 5.33. The maximum atomic E-state index is 12.8. The van der Waals surface area contributed by atoms with Crippen molar-refractivity contribution in [3.05, 3.63) is 65.5 Å². The second kappa shape index (κ2) is 8.56. The zero-order valence-corrected chi connectivity index (χ0v) is 12.2. The molecule has 2 nitrogen and oxygen atoms in total. The van der Waals surface area contributed by atoms with Crippen LogP contribution in [0.3, 0.4) is 0 Å². The molecule has 0 saturated carbocycles. The van der Waals surface area contributed by atoms with E-state index in [2.05, 4.69) is 5.32 Å². The Balaban J connectivity index is 0.00000200. The average molecular weight is 295 g/mol. The Morgan fingerprint density at radius 1 is 1.00 bits per heavy atom. The van der Waals surface area contributed by atoms with Gasteiger partial charge in [0.1, 0.15) is 11.6 Å². The van der Waals surface area contributed by atoms with Crippen LogP contribution in [0.25, 0.3) is 0 Å². The van der Waals surface area contributed by atoms with E-state index in [9.17, 15) is 4.39 Å². The Morgan fingerprint density at radius 2 is 1.70 bits per heavy atom. The quantitative estimate of drug-likeness (QED) is 0.839. The molecular formula is C16H18ClFNO-. The summed E-state index contributed by atoms with van der Waals surface area (Å²) in [5, 5.41) is 3.33. The van der Waals surface area contributed by atoms with Crippen molar-refractivity contribution in [1.82, 2.24) is 5.32 Å². The van der Waals surface area contributed by atoms with Crippen molar-refractivity contribution < 1.29 is 21.5 Å². The highest BCUT2D eigenvalue weighted by atomic mass is 35.5. The monoisotopic (exact) mass is 294 g/mol. The highest BCUT2D eigenvalue weighted by Gasteiger charge is 2.01. The van der Waals surface area contributed by atoms with E-state index in [0.29, 0.717) is 13.2 Å². The Labute approximate surface area is 125 Å². The van der Waals surface area contributed by atoms with Gasteiger partial charge in [0.15, 0.2) is 0 Å². The predicted octanol–water partition coefficient (Wildman–Crippen LogP) is 0.518. The summed E-state index contributed by atoms with van der Waals surface area (Å²) in [4.78, 5) is 0. The summed E-state index contributed by atoms with van der Waals surface area (Å²) in [6, 6.07) is 14.5. The fraction of sp³-hybridized carbons (Fsp3) is 0.250. The highest BCUT2D eigenvalue weighted by Crippen LogP contribution is 2.17. The van der Waals surface area contributed by atoms with Gasteiger partial charge in [-0.05, 0) is 30.7 Å². The summed E-state index contributed by atoms with van der Waals surface area (Å²) in [6.45, 7) is 4.08. The molecule has 0 radical (unpaired) electrons. The van der Waals surface area contributed by atoms with Crippen LogP contribution in [-0.4, -0.2) is 6.61 Å². The second-order valence-corrected chi connectivity index (χ2v) is 4.27. The smallest absolute Gasteiger partial charge is 0.123 e. The van der Waals surface area contributed by atoms with Crippen LogP contribution >= 0.6 is 0 Å². The summed E-state index contributed by atoms with van der Waals surface area (Å²) in [5.74, 6) is 0.710. The van der Waals surface area contributed by atoms with Crippen LogP contribution in [0.2, 0.25) is 0 Å². The average Bonchev–Trinajstić information content (AvgIpc) is 2.43. The maximum Gasteiger partial charge on any atom is 0.123 e. The summed E-state index contributed by atoms with van der Waals surface area (Å²) in [7, 11) is 0. The molecule has 0 aromatic heterocycles. The van der Waals surface area contributed by atoms with Gasteiger partial charge in [-0.15, -0.1) is 0 Å². The maximum absolute atomic E-state index is 12.8. The second-order valence-electron chi connectivity index (χ2n) is 4.27. The summed E-state index contributed by atoms with van der Waals surface area (Å²) >= 11 is 0. The fourth-order valence-corrected chi connectivity index (χ4v) is 1.89. The topological polar surface area (TPSA) is 21.3 Å². The van der Waals surface area contributed by atoms with Gasteiger partial charge in [0, 0.05) is 18.7 Å². The minimum atomic E-state index is -0.203. The Hall–Kier alpha value is -1.58. The first-order valence-corrected chi connectivity index (χ1v) is 6.45. The van der Waals surface area contributed by atoms with Gasteiger partial charge in [-0.25, -0.2) is 4.39 Å². The lowest BCUT2D eigenvalue weighted by Crippen LogP contribution is -3.00. The van der Waals surface area contributed by atoms with Gasteiger partial charge in [-0.2, -0.15) is 0 Å². The van der Waals surface area contributed by atoms with E-state index in [1.165, 1.54) is 12.1 Å². The molecule has 4 heteroatoms. The molecule has 0 aliphatic carbocycles. The van der Waals surface area contributed by atoms with Crippen LogP contribution in [0.4, 0.5) is 4.39 Å². The lowest BCUT2D eigenvalue weighted by Gasteiger charge is -2.11. The zero-order valence-electron chi connectivity index (χ0n) is 11.4. The molecule has 0 heterocycles. The van der Waals surface area contributed by atoms with Gasteiger partial charge in [-0.3, -0.25) is 0 Å². The molecule has 1 N–H and O–H groups in total. The van der Waals surface area contributed by atoms with E-state index in [-0.39, 0.29) is 18.2 Å². The van der Waals surface area contributed by atoms with Crippen LogP contribution in [-0.2, 0) is 13.1 Å². The number of ether oxygens (including phenoxy) is 1. The van der Waals surface area contributed by atoms with Crippen LogP contribution in [0.15, 0.2) is 48.5 Å². The molecule has 0 atom stereocenters. The van der Waals surface area contributed by atoms with Crippen molar-refractivity contribution in [3.8, 4) is 5.75 Å². The van der Waals surface area contributed by atoms with E-state index in [0.717, 1.165) is 23.4 Å². The van der Waals surface area contributed by atoms with Gasteiger partial charge in [-0.1, -0.05) is 30.3 Å². The third-order valence-corrected chi connectivity index (χ3v) is 2.83. The van der Waals surface area contributed by atoms with Crippen LogP contribution in [0, 0.1) is 5.82 Å². The number of para-hydroxylation sites is 1. The minimum absolute atomic E-state index is 0. The number of hydrogen-bond donors (Lipinski definition) is 1. The SMILES string of the molecule is CCOc1ccccc1CNCc1ccc(F)cc1.[Cl-]. The van der Waals surface area contributed by atoms with Gasteiger partial charge >= 0.3 is 0 Å². The van der Waals surface area contributed by atoms with Crippen LogP contribution in [0.5, 0.6) is 5.75 Å². The lowest BCUT2D eigenvalue weighted by molar-refractivity contribution is -0.00000505. The Morgan fingerprint density at radius 3 is 2.40 bits per heavy atom. The number of rotatable bonds is 6. The van der Waals surface area contributed by atoms with Gasteiger partial charge in [0.05, 0.1) is 6.61 Å². The molecule has 2 aromatic rings.